The zero-order valence-electron chi connectivity index (χ0n) is 12.7. The van der Waals surface area contributed by atoms with Gasteiger partial charge in [-0.3, -0.25) is 9.78 Å². The molecule has 0 spiro atoms. The number of carbonyl (C=O) groups is 1. The molecule has 122 valence electrons. The number of hydrogen-bond donors (Lipinski definition) is 1. The summed E-state index contributed by atoms with van der Waals surface area (Å²) in [5.41, 5.74) is 1.17. The van der Waals surface area contributed by atoms with Crippen molar-refractivity contribution in [2.24, 2.45) is 0 Å². The van der Waals surface area contributed by atoms with Gasteiger partial charge in [0.05, 0.1) is 29.3 Å². The van der Waals surface area contributed by atoms with Crippen molar-refractivity contribution >= 4 is 17.5 Å². The quantitative estimate of drug-likeness (QED) is 0.753. The fourth-order valence-corrected chi connectivity index (χ4v) is 2.09. The topological polar surface area (TPSA) is 94.8 Å². The predicted molar refractivity (Wildman–Crippen MR) is 87.0 cm³/mol. The van der Waals surface area contributed by atoms with Crippen LogP contribution in [0.2, 0.25) is 5.02 Å². The van der Waals surface area contributed by atoms with Gasteiger partial charge in [-0.25, -0.2) is 14.6 Å². The molecule has 0 aliphatic carbocycles. The van der Waals surface area contributed by atoms with E-state index in [-0.39, 0.29) is 18.4 Å². The molecule has 0 atom stereocenters. The minimum Gasteiger partial charge on any atom is -0.468 e. The third-order valence-electron chi connectivity index (χ3n) is 3.11. The summed E-state index contributed by atoms with van der Waals surface area (Å²) in [4.78, 5) is 23.9. The van der Waals surface area contributed by atoms with Crippen LogP contribution in [-0.2, 0) is 4.79 Å². The van der Waals surface area contributed by atoms with Gasteiger partial charge in [0.25, 0.3) is 5.91 Å². The highest BCUT2D eigenvalue weighted by molar-refractivity contribution is 6.33. The number of carbonyl (C=O) groups excluding carboxylic acids is 1. The number of halogens is 1. The van der Waals surface area contributed by atoms with Crippen molar-refractivity contribution in [1.29, 1.82) is 0 Å². The van der Waals surface area contributed by atoms with Gasteiger partial charge in [0.2, 0.25) is 5.88 Å². The Morgan fingerprint density at radius 1 is 1.29 bits per heavy atom. The highest BCUT2D eigenvalue weighted by Crippen LogP contribution is 2.28. The molecule has 1 amide bonds. The number of amides is 1. The maximum absolute atomic E-state index is 11.2. The van der Waals surface area contributed by atoms with Crippen LogP contribution in [0.15, 0.2) is 43.1 Å². The summed E-state index contributed by atoms with van der Waals surface area (Å²) in [5.74, 6) is 0.609. The zero-order chi connectivity index (χ0) is 16.9. The van der Waals surface area contributed by atoms with Crippen molar-refractivity contribution < 1.29 is 9.53 Å². The van der Waals surface area contributed by atoms with Crippen LogP contribution in [0.3, 0.4) is 0 Å². The van der Waals surface area contributed by atoms with Crippen molar-refractivity contribution in [2.45, 2.75) is 0 Å². The van der Waals surface area contributed by atoms with Crippen LogP contribution in [-0.4, -0.2) is 44.3 Å². The van der Waals surface area contributed by atoms with Gasteiger partial charge in [0.1, 0.15) is 0 Å². The lowest BCUT2D eigenvalue weighted by Crippen LogP contribution is -2.25. The maximum atomic E-state index is 11.2. The second kappa shape index (κ2) is 7.05. The monoisotopic (exact) mass is 344 g/mol. The SMILES string of the molecule is CNC(=O)COc1cc(-c2cnc(-n3cccn3)cn2)c(Cl)cn1. The average Bonchev–Trinajstić information content (AvgIpc) is 3.15. The first kappa shape index (κ1) is 15.9. The van der Waals surface area contributed by atoms with Crippen LogP contribution in [0.4, 0.5) is 0 Å². The molecule has 3 aromatic heterocycles. The minimum atomic E-state index is -0.253. The highest BCUT2D eigenvalue weighted by Gasteiger charge is 2.10. The Morgan fingerprint density at radius 2 is 2.17 bits per heavy atom. The largest absolute Gasteiger partial charge is 0.468 e. The molecular weight excluding hydrogens is 332 g/mol. The van der Waals surface area contributed by atoms with Crippen LogP contribution < -0.4 is 10.1 Å². The molecule has 3 aromatic rings. The summed E-state index contributed by atoms with van der Waals surface area (Å²) in [6.07, 6.45) is 8.04. The third-order valence-corrected chi connectivity index (χ3v) is 3.41. The van der Waals surface area contributed by atoms with E-state index in [1.165, 1.54) is 13.2 Å². The molecule has 0 radical (unpaired) electrons. The molecule has 0 aliphatic heterocycles. The number of pyridine rings is 1. The Hall–Kier alpha value is -3.00. The van der Waals surface area contributed by atoms with Crippen LogP contribution >= 0.6 is 11.6 Å². The van der Waals surface area contributed by atoms with Crippen molar-refractivity contribution in [3.63, 3.8) is 0 Å². The predicted octanol–water partition coefficient (Wildman–Crippen LogP) is 1.50. The normalized spacial score (nSPS) is 10.4. The van der Waals surface area contributed by atoms with E-state index in [1.54, 1.807) is 41.6 Å². The molecule has 0 unspecified atom stereocenters. The van der Waals surface area contributed by atoms with Crippen molar-refractivity contribution in [3.8, 4) is 23.0 Å². The Morgan fingerprint density at radius 3 is 2.83 bits per heavy atom. The number of hydrogen-bond acceptors (Lipinski definition) is 6. The van der Waals surface area contributed by atoms with E-state index in [2.05, 4.69) is 25.4 Å². The molecule has 24 heavy (non-hydrogen) atoms. The van der Waals surface area contributed by atoms with Gasteiger partial charge >= 0.3 is 0 Å². The first-order valence-corrected chi connectivity index (χ1v) is 7.36. The van der Waals surface area contributed by atoms with Crippen molar-refractivity contribution in [1.82, 2.24) is 30.0 Å². The van der Waals surface area contributed by atoms with Gasteiger partial charge in [0, 0.05) is 31.1 Å². The Kier molecular flexibility index (Phi) is 4.66. The fraction of sp³-hybridized carbons (Fsp3) is 0.133. The number of nitrogens with zero attached hydrogens (tertiary/aromatic N) is 5. The lowest BCUT2D eigenvalue weighted by Gasteiger charge is -2.08. The fourth-order valence-electron chi connectivity index (χ4n) is 1.89. The molecule has 8 nitrogen and oxygen atoms in total. The van der Waals surface area contributed by atoms with E-state index in [0.29, 0.717) is 22.1 Å². The number of likely N-dealkylation sites (N-methyl/N-ethyl adjacent to an activating group) is 1. The molecule has 3 heterocycles. The molecule has 0 aromatic carbocycles. The van der Waals surface area contributed by atoms with Crippen LogP contribution in [0, 0.1) is 0 Å². The number of nitrogens with one attached hydrogen (secondary N) is 1. The van der Waals surface area contributed by atoms with Gasteiger partial charge in [0.15, 0.2) is 12.4 Å². The molecule has 9 heteroatoms. The van der Waals surface area contributed by atoms with E-state index in [0.717, 1.165) is 0 Å². The van der Waals surface area contributed by atoms with Crippen LogP contribution in [0.1, 0.15) is 0 Å². The summed E-state index contributed by atoms with van der Waals surface area (Å²) >= 11 is 6.18. The van der Waals surface area contributed by atoms with Gasteiger partial charge in [-0.2, -0.15) is 5.10 Å². The minimum absolute atomic E-state index is 0.130. The number of aromatic nitrogens is 5. The van der Waals surface area contributed by atoms with E-state index in [4.69, 9.17) is 16.3 Å². The molecule has 3 rings (SSSR count). The summed E-state index contributed by atoms with van der Waals surface area (Å²) < 4.78 is 6.91. The molecule has 0 bridgehead atoms. The van der Waals surface area contributed by atoms with Crippen LogP contribution in [0.25, 0.3) is 17.1 Å². The smallest absolute Gasteiger partial charge is 0.257 e. The Labute approximate surface area is 142 Å². The second-order valence-electron chi connectivity index (χ2n) is 4.67. The van der Waals surface area contributed by atoms with E-state index >= 15 is 0 Å². The highest BCUT2D eigenvalue weighted by atomic mass is 35.5. The van der Waals surface area contributed by atoms with Gasteiger partial charge in [-0.05, 0) is 6.07 Å². The zero-order valence-corrected chi connectivity index (χ0v) is 13.4. The van der Waals surface area contributed by atoms with Crippen molar-refractivity contribution in [2.75, 3.05) is 13.7 Å². The molecule has 0 saturated carbocycles. The van der Waals surface area contributed by atoms with Gasteiger partial charge in [-0.1, -0.05) is 11.6 Å². The lowest BCUT2D eigenvalue weighted by atomic mass is 10.2. The van der Waals surface area contributed by atoms with E-state index in [9.17, 15) is 4.79 Å². The summed E-state index contributed by atoms with van der Waals surface area (Å²) in [6, 6.07) is 3.41. The van der Waals surface area contributed by atoms with E-state index < -0.39 is 0 Å². The first-order chi connectivity index (χ1) is 11.7. The molecule has 0 saturated heterocycles. The molecule has 1 N–H and O–H groups in total. The molecule has 0 aliphatic rings. The van der Waals surface area contributed by atoms with Crippen molar-refractivity contribution in [3.05, 3.63) is 48.1 Å². The average molecular weight is 345 g/mol. The van der Waals surface area contributed by atoms with Gasteiger partial charge < -0.3 is 10.1 Å². The Bertz CT molecular complexity index is 836. The maximum Gasteiger partial charge on any atom is 0.257 e. The summed E-state index contributed by atoms with van der Waals surface area (Å²) in [6.45, 7) is -0.130. The molecular formula is C15H13ClN6O2. The third kappa shape index (κ3) is 3.49. The number of ether oxygens (including phenoxy) is 1. The lowest BCUT2D eigenvalue weighted by molar-refractivity contribution is -0.122. The standard InChI is InChI=1S/C15H13ClN6O2/c1-17-14(23)9-24-15-5-10(11(16)6-20-15)12-7-19-13(8-18-12)22-4-2-3-21-22/h2-8H,9H2,1H3,(H,17,23). The van der Waals surface area contributed by atoms with E-state index in [1.807, 2.05) is 0 Å². The molecule has 0 fully saturated rings. The van der Waals surface area contributed by atoms with Gasteiger partial charge in [-0.15, -0.1) is 0 Å². The summed E-state index contributed by atoms with van der Waals surface area (Å²) in [5, 5.41) is 6.96. The Balaban J connectivity index is 1.84. The number of rotatable bonds is 5. The summed E-state index contributed by atoms with van der Waals surface area (Å²) in [7, 11) is 1.53. The second-order valence-corrected chi connectivity index (χ2v) is 5.08. The first-order valence-electron chi connectivity index (χ1n) is 6.98. The van der Waals surface area contributed by atoms with Crippen LogP contribution in [0.5, 0.6) is 5.88 Å².